The van der Waals surface area contributed by atoms with E-state index >= 15 is 0 Å². The number of nitrogens with zero attached hydrogens (tertiary/aromatic N) is 2. The van der Waals surface area contributed by atoms with Gasteiger partial charge in [-0.1, -0.05) is 6.92 Å². The van der Waals surface area contributed by atoms with Crippen LogP contribution in [0.4, 0.5) is 11.6 Å². The number of hydrogen-bond acceptors (Lipinski definition) is 5. The summed E-state index contributed by atoms with van der Waals surface area (Å²) in [5.74, 6) is 1.43. The molecule has 1 heterocycles. The van der Waals surface area contributed by atoms with Crippen molar-refractivity contribution in [1.82, 2.24) is 15.3 Å². The molecule has 0 aromatic carbocycles. The lowest BCUT2D eigenvalue weighted by Gasteiger charge is -2.12. The third-order valence-corrected chi connectivity index (χ3v) is 3.44. The van der Waals surface area contributed by atoms with Gasteiger partial charge in [-0.25, -0.2) is 9.97 Å². The van der Waals surface area contributed by atoms with Crippen molar-refractivity contribution in [3.8, 4) is 0 Å². The molecule has 1 aromatic rings. The summed E-state index contributed by atoms with van der Waals surface area (Å²) >= 11 is 3.41. The van der Waals surface area contributed by atoms with E-state index in [1.165, 1.54) is 6.33 Å². The number of aromatic nitrogens is 2. The highest BCUT2D eigenvalue weighted by molar-refractivity contribution is 9.10. The van der Waals surface area contributed by atoms with Gasteiger partial charge in [0.15, 0.2) is 0 Å². The molecule has 19 heavy (non-hydrogen) atoms. The lowest BCUT2D eigenvalue weighted by atomic mass is 10.2. The van der Waals surface area contributed by atoms with E-state index in [0.29, 0.717) is 24.6 Å². The highest BCUT2D eigenvalue weighted by Gasteiger charge is 2.08. The van der Waals surface area contributed by atoms with E-state index in [9.17, 15) is 4.79 Å². The zero-order valence-corrected chi connectivity index (χ0v) is 13.0. The maximum Gasteiger partial charge on any atom is 0.221 e. The van der Waals surface area contributed by atoms with Gasteiger partial charge >= 0.3 is 0 Å². The van der Waals surface area contributed by atoms with Gasteiger partial charge in [-0.05, 0) is 29.3 Å². The molecule has 106 valence electrons. The van der Waals surface area contributed by atoms with Gasteiger partial charge < -0.3 is 16.0 Å². The molecule has 0 spiro atoms. The number of carbonyl (C=O) groups is 1. The van der Waals surface area contributed by atoms with E-state index in [-0.39, 0.29) is 11.9 Å². The topological polar surface area (TPSA) is 78.9 Å². The molecule has 0 saturated heterocycles. The second-order valence-corrected chi connectivity index (χ2v) is 4.98. The van der Waals surface area contributed by atoms with Gasteiger partial charge in [0.1, 0.15) is 22.4 Å². The molecule has 0 aliphatic carbocycles. The monoisotopic (exact) mass is 329 g/mol. The Hall–Kier alpha value is -1.37. The fourth-order valence-electron chi connectivity index (χ4n) is 1.41. The molecule has 1 aromatic heterocycles. The second kappa shape index (κ2) is 7.93. The molecule has 0 fully saturated rings. The smallest absolute Gasteiger partial charge is 0.221 e. The van der Waals surface area contributed by atoms with Crippen molar-refractivity contribution in [2.24, 2.45) is 0 Å². The van der Waals surface area contributed by atoms with Gasteiger partial charge in [0.25, 0.3) is 0 Å². The van der Waals surface area contributed by atoms with Crippen LogP contribution in [0.5, 0.6) is 0 Å². The molecular weight excluding hydrogens is 310 g/mol. The standard InChI is InChI=1S/C12H20BrN5O/c1-4-8(2)18-9(19)5-6-15-12-10(13)11(14-3)16-7-17-12/h7-8H,4-6H2,1-3H3,(H,18,19)(H2,14,15,16,17). The van der Waals surface area contributed by atoms with E-state index in [2.05, 4.69) is 41.8 Å². The summed E-state index contributed by atoms with van der Waals surface area (Å²) < 4.78 is 0.764. The van der Waals surface area contributed by atoms with E-state index in [1.807, 2.05) is 13.8 Å². The molecule has 0 aliphatic heterocycles. The van der Waals surface area contributed by atoms with E-state index in [0.717, 1.165) is 10.9 Å². The number of amides is 1. The quantitative estimate of drug-likeness (QED) is 0.713. The fourth-order valence-corrected chi connectivity index (χ4v) is 1.95. The number of carbonyl (C=O) groups excluding carboxylic acids is 1. The van der Waals surface area contributed by atoms with Crippen LogP contribution >= 0.6 is 15.9 Å². The van der Waals surface area contributed by atoms with Crippen molar-refractivity contribution < 1.29 is 4.79 Å². The fraction of sp³-hybridized carbons (Fsp3) is 0.583. The van der Waals surface area contributed by atoms with Crippen LogP contribution < -0.4 is 16.0 Å². The maximum atomic E-state index is 11.6. The highest BCUT2D eigenvalue weighted by Crippen LogP contribution is 2.25. The van der Waals surface area contributed by atoms with Gasteiger partial charge in [-0.2, -0.15) is 0 Å². The zero-order chi connectivity index (χ0) is 14.3. The first-order valence-corrected chi connectivity index (χ1v) is 7.09. The van der Waals surface area contributed by atoms with Gasteiger partial charge in [-0.3, -0.25) is 4.79 Å². The largest absolute Gasteiger partial charge is 0.372 e. The van der Waals surface area contributed by atoms with Crippen LogP contribution in [-0.2, 0) is 4.79 Å². The Kier molecular flexibility index (Phi) is 6.55. The van der Waals surface area contributed by atoms with Crippen LogP contribution in [0.2, 0.25) is 0 Å². The first-order chi connectivity index (χ1) is 9.08. The Balaban J connectivity index is 2.43. The first kappa shape index (κ1) is 15.7. The third kappa shape index (κ3) is 5.02. The Labute approximate surface area is 121 Å². The van der Waals surface area contributed by atoms with Crippen LogP contribution in [0.1, 0.15) is 26.7 Å². The van der Waals surface area contributed by atoms with Gasteiger partial charge in [0.2, 0.25) is 5.91 Å². The molecule has 1 rings (SSSR count). The molecule has 6 nitrogen and oxygen atoms in total. The minimum atomic E-state index is 0.0425. The number of nitrogens with one attached hydrogen (secondary N) is 3. The van der Waals surface area contributed by atoms with Crippen molar-refractivity contribution in [2.45, 2.75) is 32.7 Å². The number of rotatable bonds is 7. The van der Waals surface area contributed by atoms with E-state index < -0.39 is 0 Å². The molecule has 1 amide bonds. The summed E-state index contributed by atoms with van der Waals surface area (Å²) in [4.78, 5) is 19.8. The molecule has 3 N–H and O–H groups in total. The summed E-state index contributed by atoms with van der Waals surface area (Å²) in [6.07, 6.45) is 2.82. The normalized spacial score (nSPS) is 11.8. The van der Waals surface area contributed by atoms with Crippen LogP contribution in [0, 0.1) is 0 Å². The Morgan fingerprint density at radius 2 is 2.11 bits per heavy atom. The molecule has 0 bridgehead atoms. The van der Waals surface area contributed by atoms with Crippen molar-refractivity contribution in [3.63, 3.8) is 0 Å². The summed E-state index contributed by atoms with van der Waals surface area (Å²) in [5.41, 5.74) is 0. The van der Waals surface area contributed by atoms with E-state index in [1.54, 1.807) is 7.05 Å². The van der Waals surface area contributed by atoms with Crippen molar-refractivity contribution in [1.29, 1.82) is 0 Å². The minimum absolute atomic E-state index is 0.0425. The molecule has 0 aliphatic rings. The molecule has 7 heteroatoms. The zero-order valence-electron chi connectivity index (χ0n) is 11.5. The highest BCUT2D eigenvalue weighted by atomic mass is 79.9. The Bertz CT molecular complexity index is 427. The molecular formula is C12H20BrN5O. The first-order valence-electron chi connectivity index (χ1n) is 6.30. The summed E-state index contributed by atoms with van der Waals surface area (Å²) in [5, 5.41) is 8.98. The summed E-state index contributed by atoms with van der Waals surface area (Å²) in [6.45, 7) is 4.56. The maximum absolute atomic E-state index is 11.6. The van der Waals surface area contributed by atoms with Gasteiger partial charge in [-0.15, -0.1) is 0 Å². The van der Waals surface area contributed by atoms with Crippen molar-refractivity contribution in [2.75, 3.05) is 24.2 Å². The van der Waals surface area contributed by atoms with Crippen LogP contribution in [0.3, 0.4) is 0 Å². The Morgan fingerprint density at radius 3 is 2.74 bits per heavy atom. The molecule has 1 unspecified atom stereocenters. The molecule has 0 radical (unpaired) electrons. The molecule has 1 atom stereocenters. The Morgan fingerprint density at radius 1 is 1.42 bits per heavy atom. The van der Waals surface area contributed by atoms with Crippen LogP contribution in [0.15, 0.2) is 10.8 Å². The minimum Gasteiger partial charge on any atom is -0.372 e. The number of halogens is 1. The second-order valence-electron chi connectivity index (χ2n) is 4.19. The van der Waals surface area contributed by atoms with Crippen LogP contribution in [0.25, 0.3) is 0 Å². The van der Waals surface area contributed by atoms with Crippen LogP contribution in [-0.4, -0.2) is 35.5 Å². The third-order valence-electron chi connectivity index (χ3n) is 2.69. The summed E-state index contributed by atoms with van der Waals surface area (Å²) in [6, 6.07) is 0.217. The lowest BCUT2D eigenvalue weighted by Crippen LogP contribution is -2.33. The number of hydrogen-bond donors (Lipinski definition) is 3. The summed E-state index contributed by atoms with van der Waals surface area (Å²) in [7, 11) is 1.79. The van der Waals surface area contributed by atoms with Gasteiger partial charge in [0.05, 0.1) is 0 Å². The number of anilines is 2. The van der Waals surface area contributed by atoms with Gasteiger partial charge in [0, 0.05) is 26.1 Å². The SMILES string of the molecule is CCC(C)NC(=O)CCNc1ncnc(NC)c1Br. The molecule has 0 saturated carbocycles. The van der Waals surface area contributed by atoms with Crippen molar-refractivity contribution in [3.05, 3.63) is 10.8 Å². The predicted molar refractivity (Wildman–Crippen MR) is 80.3 cm³/mol. The van der Waals surface area contributed by atoms with E-state index in [4.69, 9.17) is 0 Å². The average Bonchev–Trinajstić information content (AvgIpc) is 2.40. The average molecular weight is 330 g/mol. The lowest BCUT2D eigenvalue weighted by molar-refractivity contribution is -0.121. The van der Waals surface area contributed by atoms with Crippen molar-refractivity contribution >= 4 is 33.5 Å². The predicted octanol–water partition coefficient (Wildman–Crippen LogP) is 2.00.